The maximum atomic E-state index is 13.6. The van der Waals surface area contributed by atoms with Crippen molar-refractivity contribution in [1.82, 2.24) is 19.9 Å². The van der Waals surface area contributed by atoms with E-state index < -0.39 is 6.23 Å². The third kappa shape index (κ3) is 5.60. The summed E-state index contributed by atoms with van der Waals surface area (Å²) >= 11 is 3.43. The number of aromatic nitrogens is 3. The van der Waals surface area contributed by atoms with Gasteiger partial charge in [-0.3, -0.25) is 9.59 Å². The third-order valence-corrected chi connectivity index (χ3v) is 6.46. The molecule has 1 aromatic heterocycles. The zero-order valence-corrected chi connectivity index (χ0v) is 21.5. The van der Waals surface area contributed by atoms with Crippen LogP contribution in [0.5, 0.6) is 0 Å². The predicted molar refractivity (Wildman–Crippen MR) is 139 cm³/mol. The minimum atomic E-state index is -0.740. The van der Waals surface area contributed by atoms with Gasteiger partial charge in [-0.1, -0.05) is 28.1 Å². The molecular weight excluding hydrogens is 541 g/mol. The van der Waals surface area contributed by atoms with E-state index in [1.807, 2.05) is 48.5 Å². The quantitative estimate of drug-likeness (QED) is 0.345. The summed E-state index contributed by atoms with van der Waals surface area (Å²) in [5, 5.41) is 12.1. The van der Waals surface area contributed by atoms with E-state index in [1.54, 1.807) is 17.0 Å². The Morgan fingerprint density at radius 2 is 1.76 bits per heavy atom. The van der Waals surface area contributed by atoms with Crippen molar-refractivity contribution in [3.8, 4) is 16.9 Å². The van der Waals surface area contributed by atoms with Gasteiger partial charge in [0, 0.05) is 29.2 Å². The number of hydrogen-bond acceptors (Lipinski definition) is 5. The number of hydrogen-bond donors (Lipinski definition) is 1. The van der Waals surface area contributed by atoms with Gasteiger partial charge in [-0.2, -0.15) is 4.80 Å². The van der Waals surface area contributed by atoms with Crippen LogP contribution in [0, 0.1) is 5.82 Å². The minimum absolute atomic E-state index is 0.0693. The number of amides is 2. The van der Waals surface area contributed by atoms with Crippen molar-refractivity contribution < 1.29 is 18.7 Å². The summed E-state index contributed by atoms with van der Waals surface area (Å²) in [5.74, 6) is -0.643. The lowest BCUT2D eigenvalue weighted by molar-refractivity contribution is -0.128. The molecule has 10 heteroatoms. The van der Waals surface area contributed by atoms with Gasteiger partial charge in [-0.05, 0) is 72.6 Å². The Bertz CT molecular complexity index is 1420. The largest absolute Gasteiger partial charge is 0.342 e. The molecule has 1 saturated heterocycles. The second-order valence-corrected chi connectivity index (χ2v) is 9.50. The van der Waals surface area contributed by atoms with Crippen molar-refractivity contribution >= 4 is 33.4 Å². The molecule has 5 rings (SSSR count). The Hall–Kier alpha value is -3.89. The highest BCUT2D eigenvalue weighted by molar-refractivity contribution is 9.10. The topological polar surface area (TPSA) is 89.4 Å². The van der Waals surface area contributed by atoms with E-state index in [4.69, 9.17) is 9.84 Å². The Morgan fingerprint density at radius 1 is 1.05 bits per heavy atom. The van der Waals surface area contributed by atoms with Crippen LogP contribution in [0.4, 0.5) is 10.1 Å². The Balaban J connectivity index is 1.44. The van der Waals surface area contributed by atoms with Gasteiger partial charge in [-0.15, -0.1) is 10.2 Å². The number of nitrogens with zero attached hydrogens (tertiary/aromatic N) is 4. The van der Waals surface area contributed by atoms with Crippen LogP contribution < -0.4 is 5.32 Å². The van der Waals surface area contributed by atoms with Crippen LogP contribution in [-0.4, -0.2) is 44.9 Å². The molecule has 0 radical (unpaired) electrons. The second kappa shape index (κ2) is 10.6. The highest BCUT2D eigenvalue weighted by Gasteiger charge is 2.37. The SMILES string of the molecule is CC(=O)Nc1ccc(CCN2C(=O)COC2c2nn(-c3ccc(Br)cc3)nc2-c2ccc(F)cc2)cc1. The molecule has 188 valence electrons. The van der Waals surface area contributed by atoms with Crippen molar-refractivity contribution in [2.75, 3.05) is 18.5 Å². The van der Waals surface area contributed by atoms with Crippen LogP contribution in [0.15, 0.2) is 77.3 Å². The van der Waals surface area contributed by atoms with Crippen LogP contribution in [0.3, 0.4) is 0 Å². The van der Waals surface area contributed by atoms with Crippen molar-refractivity contribution in [3.63, 3.8) is 0 Å². The highest BCUT2D eigenvalue weighted by atomic mass is 79.9. The lowest BCUT2D eigenvalue weighted by Crippen LogP contribution is -2.31. The Morgan fingerprint density at radius 3 is 2.43 bits per heavy atom. The first-order chi connectivity index (χ1) is 17.9. The molecule has 1 fully saturated rings. The summed E-state index contributed by atoms with van der Waals surface area (Å²) < 4.78 is 20.5. The van der Waals surface area contributed by atoms with Gasteiger partial charge >= 0.3 is 0 Å². The second-order valence-electron chi connectivity index (χ2n) is 8.59. The minimum Gasteiger partial charge on any atom is -0.342 e. The van der Waals surface area contributed by atoms with E-state index in [-0.39, 0.29) is 24.2 Å². The van der Waals surface area contributed by atoms with Gasteiger partial charge in [0.25, 0.3) is 5.91 Å². The first kappa shape index (κ1) is 24.8. The molecule has 37 heavy (non-hydrogen) atoms. The van der Waals surface area contributed by atoms with Gasteiger partial charge in [0.15, 0.2) is 6.23 Å². The van der Waals surface area contributed by atoms with Gasteiger partial charge < -0.3 is 15.0 Å². The van der Waals surface area contributed by atoms with Gasteiger partial charge in [0.1, 0.15) is 23.8 Å². The van der Waals surface area contributed by atoms with E-state index >= 15 is 0 Å². The standard InChI is InChI=1S/C27H23BrFN5O3/c1-17(35)30-22-10-2-18(3-11-22)14-15-33-24(36)16-37-27(33)26-25(19-4-8-21(29)9-5-19)31-34(32-26)23-12-6-20(28)7-13-23/h2-13,27H,14-16H2,1H3,(H,30,35). The zero-order valence-electron chi connectivity index (χ0n) is 19.9. The average molecular weight is 564 g/mol. The summed E-state index contributed by atoms with van der Waals surface area (Å²) in [6.07, 6.45) is -0.158. The molecule has 1 aliphatic heterocycles. The highest BCUT2D eigenvalue weighted by Crippen LogP contribution is 2.34. The smallest absolute Gasteiger partial charge is 0.251 e. The summed E-state index contributed by atoms with van der Waals surface area (Å²) in [6, 6.07) is 21.0. The van der Waals surface area contributed by atoms with Crippen LogP contribution in [-0.2, 0) is 20.7 Å². The molecule has 2 heterocycles. The van der Waals surface area contributed by atoms with Gasteiger partial charge in [-0.25, -0.2) is 4.39 Å². The van der Waals surface area contributed by atoms with Crippen LogP contribution in [0.25, 0.3) is 16.9 Å². The molecule has 0 spiro atoms. The number of halogens is 2. The third-order valence-electron chi connectivity index (χ3n) is 5.93. The predicted octanol–water partition coefficient (Wildman–Crippen LogP) is 4.89. The van der Waals surface area contributed by atoms with E-state index in [2.05, 4.69) is 26.3 Å². The van der Waals surface area contributed by atoms with Crippen molar-refractivity contribution in [1.29, 1.82) is 0 Å². The molecule has 3 aromatic carbocycles. The first-order valence-corrected chi connectivity index (χ1v) is 12.4. The van der Waals surface area contributed by atoms with E-state index in [1.165, 1.54) is 23.9 Å². The fourth-order valence-corrected chi connectivity index (χ4v) is 4.38. The normalized spacial score (nSPS) is 15.3. The van der Waals surface area contributed by atoms with E-state index in [9.17, 15) is 14.0 Å². The molecule has 0 bridgehead atoms. The molecule has 8 nitrogen and oxygen atoms in total. The number of carbonyl (C=O) groups is 2. The Labute approximate surface area is 221 Å². The molecule has 0 aliphatic carbocycles. The number of carbonyl (C=O) groups excluding carboxylic acids is 2. The summed E-state index contributed by atoms with van der Waals surface area (Å²) in [6.45, 7) is 1.79. The lowest BCUT2D eigenvalue weighted by Gasteiger charge is -2.22. The van der Waals surface area contributed by atoms with Crippen LogP contribution in [0.2, 0.25) is 0 Å². The summed E-state index contributed by atoms with van der Waals surface area (Å²) in [4.78, 5) is 27.2. The molecule has 4 aromatic rings. The molecule has 1 aliphatic rings. The van der Waals surface area contributed by atoms with E-state index in [0.717, 1.165) is 15.7 Å². The number of rotatable bonds is 7. The maximum absolute atomic E-state index is 13.6. The van der Waals surface area contributed by atoms with Crippen molar-refractivity contribution in [2.45, 2.75) is 19.6 Å². The number of benzene rings is 3. The van der Waals surface area contributed by atoms with Crippen LogP contribution in [0.1, 0.15) is 24.4 Å². The molecule has 1 N–H and O–H groups in total. The lowest BCUT2D eigenvalue weighted by atomic mass is 10.1. The zero-order chi connectivity index (χ0) is 25.9. The van der Waals surface area contributed by atoms with Gasteiger partial charge in [0.2, 0.25) is 5.91 Å². The van der Waals surface area contributed by atoms with Crippen molar-refractivity contribution in [2.24, 2.45) is 0 Å². The van der Waals surface area contributed by atoms with Crippen molar-refractivity contribution in [3.05, 3.63) is 94.3 Å². The molecule has 1 atom stereocenters. The monoisotopic (exact) mass is 563 g/mol. The fraction of sp³-hybridized carbons (Fsp3) is 0.185. The fourth-order valence-electron chi connectivity index (χ4n) is 4.12. The summed E-state index contributed by atoms with van der Waals surface area (Å²) in [7, 11) is 0. The average Bonchev–Trinajstić information content (AvgIpc) is 3.48. The molecule has 2 amide bonds. The summed E-state index contributed by atoms with van der Waals surface area (Å²) in [5.41, 5.74) is 4.09. The van der Waals surface area contributed by atoms with Crippen LogP contribution >= 0.6 is 15.9 Å². The molecule has 0 saturated carbocycles. The number of ether oxygens (including phenoxy) is 1. The number of anilines is 1. The van der Waals surface area contributed by atoms with Gasteiger partial charge in [0.05, 0.1) is 5.69 Å². The molecule has 1 unspecified atom stereocenters. The van der Waals surface area contributed by atoms with E-state index in [0.29, 0.717) is 35.6 Å². The maximum Gasteiger partial charge on any atom is 0.251 e. The Kier molecular flexibility index (Phi) is 7.11. The first-order valence-electron chi connectivity index (χ1n) is 11.6. The molecular formula is C27H23BrFN5O3. The number of nitrogens with one attached hydrogen (secondary N) is 1.